The van der Waals surface area contributed by atoms with Crippen LogP contribution in [0.25, 0.3) is 0 Å². The average Bonchev–Trinajstić information content (AvgIpc) is 2.99. The van der Waals surface area contributed by atoms with Gasteiger partial charge in [0.2, 0.25) is 23.6 Å². The van der Waals surface area contributed by atoms with Gasteiger partial charge in [-0.25, -0.2) is 0 Å². The largest absolute Gasteiger partial charge is 0.370 e. The van der Waals surface area contributed by atoms with Gasteiger partial charge in [-0.05, 0) is 56.2 Å². The van der Waals surface area contributed by atoms with E-state index >= 15 is 0 Å². The Labute approximate surface area is 253 Å². The van der Waals surface area contributed by atoms with E-state index in [9.17, 15) is 19.2 Å². The van der Waals surface area contributed by atoms with Gasteiger partial charge in [0.15, 0.2) is 5.96 Å². The predicted molar refractivity (Wildman–Crippen MR) is 166 cm³/mol. The van der Waals surface area contributed by atoms with Gasteiger partial charge in [-0.2, -0.15) is 0 Å². The summed E-state index contributed by atoms with van der Waals surface area (Å²) < 4.78 is 8.54. The summed E-state index contributed by atoms with van der Waals surface area (Å²) in [5.41, 5.74) is 29.6. The van der Waals surface area contributed by atoms with E-state index in [1.807, 2.05) is 30.3 Å². The molecule has 0 fully saturated rings. The van der Waals surface area contributed by atoms with Crippen LogP contribution in [-0.2, 0) is 32.0 Å². The molecule has 2 aromatic rings. The second-order valence-corrected chi connectivity index (χ2v) is 10.1. The number of benzene rings is 2. The zero-order valence-electron chi connectivity index (χ0n) is 25.3. The van der Waals surface area contributed by atoms with Crippen LogP contribution in [0.4, 0.5) is 0 Å². The van der Waals surface area contributed by atoms with Crippen molar-refractivity contribution < 1.29 is 20.5 Å². The number of hydrogen-bond donors (Lipinski definition) is 8. The zero-order valence-corrected chi connectivity index (χ0v) is 24.3. The molecule has 0 aliphatic carbocycles. The second kappa shape index (κ2) is 18.8. The van der Waals surface area contributed by atoms with Gasteiger partial charge in [-0.3, -0.25) is 24.2 Å². The first-order valence-corrected chi connectivity index (χ1v) is 14.3. The molecule has 0 unspecified atom stereocenters. The van der Waals surface area contributed by atoms with Crippen molar-refractivity contribution in [1.29, 1.82) is 0 Å². The molecule has 13 heteroatoms. The molecule has 13 nitrogen and oxygen atoms in total. The topological polar surface area (TPSA) is 247 Å². The molecule has 0 aliphatic heterocycles. The lowest BCUT2D eigenvalue weighted by Crippen LogP contribution is -2.58. The Morgan fingerprint density at radius 3 is 1.84 bits per heavy atom. The Bertz CT molecular complexity index is 1250. The molecule has 234 valence electrons. The van der Waals surface area contributed by atoms with Gasteiger partial charge in [0, 0.05) is 13.0 Å². The summed E-state index contributed by atoms with van der Waals surface area (Å²) in [5.74, 6) is -3.15. The molecule has 0 saturated carbocycles. The summed E-state index contributed by atoms with van der Waals surface area (Å²) >= 11 is 0. The third-order valence-corrected chi connectivity index (χ3v) is 6.58. The monoisotopic (exact) mass is 596 g/mol. The molecule has 0 spiro atoms. The van der Waals surface area contributed by atoms with Crippen LogP contribution in [0.5, 0.6) is 0 Å². The van der Waals surface area contributed by atoms with Crippen molar-refractivity contribution in [3.8, 4) is 0 Å². The number of unbranched alkanes of at least 4 members (excludes halogenated alkanes) is 1. The van der Waals surface area contributed by atoms with Gasteiger partial charge in [0.1, 0.15) is 18.1 Å². The number of amides is 4. The number of aliphatic imine (C=N–C) groups is 1. The van der Waals surface area contributed by atoms with E-state index < -0.39 is 47.8 Å². The molecule has 0 saturated heterocycles. The highest BCUT2D eigenvalue weighted by Crippen LogP contribution is 2.09. The number of guanidine groups is 1. The molecule has 2 aromatic carbocycles. The Hall–Kier alpha value is -4.49. The fraction of sp³-hybridized carbons (Fsp3) is 0.433. The smallest absolute Gasteiger partial charge is 0.243 e. The number of carbonyl (C=O) groups is 4. The molecular weight excluding hydrogens is 550 g/mol. The molecule has 43 heavy (non-hydrogen) atoms. The molecule has 0 aliphatic rings. The minimum Gasteiger partial charge on any atom is -0.370 e. The fourth-order valence-electron chi connectivity index (χ4n) is 4.27. The normalized spacial score (nSPS) is 14.6. The SMILES string of the molecule is [2H][C@@](CCCCN)(NC(=O)[C@H](Cc1ccccc1)NC(=O)[C@@H](CCCN=C(N)N)NC(=O)[C@@H](N)Cc1ccccc1)C(N)=O. The molecular formula is C30H45N9O4. The highest BCUT2D eigenvalue weighted by molar-refractivity contribution is 5.94. The number of nitrogens with two attached hydrogens (primary N) is 5. The van der Waals surface area contributed by atoms with Crippen LogP contribution in [0.1, 0.15) is 44.6 Å². The van der Waals surface area contributed by atoms with Crippen molar-refractivity contribution in [2.45, 2.75) is 69.1 Å². The lowest BCUT2D eigenvalue weighted by atomic mass is 10.0. The van der Waals surface area contributed by atoms with Crippen LogP contribution in [0, 0.1) is 0 Å². The summed E-state index contributed by atoms with van der Waals surface area (Å²) in [4.78, 5) is 56.3. The molecule has 0 aromatic heterocycles. The highest BCUT2D eigenvalue weighted by Gasteiger charge is 2.30. The van der Waals surface area contributed by atoms with Crippen LogP contribution < -0.4 is 44.6 Å². The van der Waals surface area contributed by atoms with Gasteiger partial charge < -0.3 is 44.6 Å². The van der Waals surface area contributed by atoms with Crippen molar-refractivity contribution in [3.05, 3.63) is 71.8 Å². The molecule has 13 N–H and O–H groups in total. The lowest BCUT2D eigenvalue weighted by molar-refractivity contribution is -0.133. The van der Waals surface area contributed by atoms with Gasteiger partial charge in [-0.1, -0.05) is 60.7 Å². The highest BCUT2D eigenvalue weighted by atomic mass is 16.2. The van der Waals surface area contributed by atoms with E-state index in [1.54, 1.807) is 30.3 Å². The van der Waals surface area contributed by atoms with Crippen LogP contribution >= 0.6 is 0 Å². The molecule has 0 heterocycles. The maximum absolute atomic E-state index is 13.6. The Kier molecular flexibility index (Phi) is 14.5. The maximum atomic E-state index is 13.6. The number of primary amides is 1. The Balaban J connectivity index is 2.27. The summed E-state index contributed by atoms with van der Waals surface area (Å²) in [7, 11) is 0. The maximum Gasteiger partial charge on any atom is 0.243 e. The molecule has 4 amide bonds. The van der Waals surface area contributed by atoms with Crippen molar-refractivity contribution >= 4 is 29.6 Å². The number of rotatable bonds is 19. The van der Waals surface area contributed by atoms with Crippen LogP contribution in [-0.4, -0.2) is 66.8 Å². The lowest BCUT2D eigenvalue weighted by Gasteiger charge is -2.25. The van der Waals surface area contributed by atoms with E-state index in [2.05, 4.69) is 20.9 Å². The van der Waals surface area contributed by atoms with Crippen molar-refractivity contribution in [1.82, 2.24) is 16.0 Å². The fourth-order valence-corrected chi connectivity index (χ4v) is 4.27. The number of carbonyl (C=O) groups excluding carboxylic acids is 4. The molecule has 2 rings (SSSR count). The summed E-state index contributed by atoms with van der Waals surface area (Å²) in [6, 6.07) is 12.7. The van der Waals surface area contributed by atoms with Gasteiger partial charge >= 0.3 is 0 Å². The van der Waals surface area contributed by atoms with Crippen LogP contribution in [0.2, 0.25) is 0 Å². The zero-order chi connectivity index (χ0) is 32.5. The summed E-state index contributed by atoms with van der Waals surface area (Å²) in [6.45, 7) is 0.551. The first kappa shape index (κ1) is 33.0. The standard InChI is InChI=1S/C30H45N9O4/c31-16-8-7-14-23(26(33)40)37-29(43)25(19-21-12-5-2-6-13-21)39-28(42)24(15-9-17-36-30(34)35)38-27(41)22(32)18-20-10-3-1-4-11-20/h1-6,10-13,22-25H,7-9,14-19,31-32H2,(H2,33,40)(H,37,43)(H,38,41)(H,39,42)(H4,34,35,36)/t22-,23-,24+,25-/m0/s1/i23D. The number of nitrogens with one attached hydrogen (secondary N) is 3. The van der Waals surface area contributed by atoms with Gasteiger partial charge in [-0.15, -0.1) is 0 Å². The van der Waals surface area contributed by atoms with E-state index in [-0.39, 0.29) is 38.2 Å². The van der Waals surface area contributed by atoms with Crippen molar-refractivity contribution in [2.24, 2.45) is 33.7 Å². The van der Waals surface area contributed by atoms with Gasteiger partial charge in [0.25, 0.3) is 0 Å². The summed E-state index contributed by atoms with van der Waals surface area (Å²) in [5, 5.41) is 7.80. The molecule has 0 radical (unpaired) electrons. The number of hydrogen-bond acceptors (Lipinski definition) is 7. The van der Waals surface area contributed by atoms with Crippen molar-refractivity contribution in [3.63, 3.8) is 0 Å². The third kappa shape index (κ3) is 13.4. The minimum absolute atomic E-state index is 0.0399. The van der Waals surface area contributed by atoms with Crippen LogP contribution in [0.15, 0.2) is 65.7 Å². The van der Waals surface area contributed by atoms with E-state index in [0.29, 0.717) is 31.4 Å². The first-order chi connectivity index (χ1) is 20.9. The second-order valence-electron chi connectivity index (χ2n) is 10.1. The van der Waals surface area contributed by atoms with Crippen molar-refractivity contribution in [2.75, 3.05) is 13.1 Å². The Morgan fingerprint density at radius 1 is 0.721 bits per heavy atom. The van der Waals surface area contributed by atoms with E-state index in [1.165, 1.54) is 0 Å². The van der Waals surface area contributed by atoms with E-state index in [0.717, 1.165) is 5.56 Å². The Morgan fingerprint density at radius 2 is 1.28 bits per heavy atom. The quantitative estimate of drug-likeness (QED) is 0.0561. The summed E-state index contributed by atoms with van der Waals surface area (Å²) in [6.07, 6.45) is 1.61. The van der Waals surface area contributed by atoms with Crippen LogP contribution in [0.3, 0.4) is 0 Å². The molecule has 0 bridgehead atoms. The van der Waals surface area contributed by atoms with Gasteiger partial charge in [0.05, 0.1) is 7.41 Å². The van der Waals surface area contributed by atoms with E-state index in [4.69, 9.17) is 30.0 Å². The first-order valence-electron chi connectivity index (χ1n) is 14.8. The predicted octanol–water partition coefficient (Wildman–Crippen LogP) is -1.08. The minimum atomic E-state index is -2.11. The average molecular weight is 597 g/mol. The molecule has 4 atom stereocenters. The third-order valence-electron chi connectivity index (χ3n) is 6.58. The number of nitrogens with zero attached hydrogens (tertiary/aromatic N) is 1.